The Bertz CT molecular complexity index is 578. The van der Waals surface area contributed by atoms with Crippen LogP contribution in [-0.4, -0.2) is 33.6 Å². The molecule has 2 rings (SSSR count). The molecule has 0 unspecified atom stereocenters. The van der Waals surface area contributed by atoms with Gasteiger partial charge in [-0.15, -0.1) is 0 Å². The summed E-state index contributed by atoms with van der Waals surface area (Å²) in [5, 5.41) is 0. The fourth-order valence-corrected chi connectivity index (χ4v) is 3.68. The van der Waals surface area contributed by atoms with Crippen molar-refractivity contribution in [2.75, 3.05) is 24.5 Å². The minimum absolute atomic E-state index is 0.227. The number of benzene rings is 1. The van der Waals surface area contributed by atoms with E-state index in [4.69, 9.17) is 5.73 Å². The first-order valence-electron chi connectivity index (χ1n) is 6.92. The number of nitrogens with two attached hydrogens (primary N) is 1. The minimum atomic E-state index is -3.45. The Morgan fingerprint density at radius 1 is 1.35 bits per heavy atom. The smallest absolute Gasteiger partial charge is 0.242 e. The maximum atomic E-state index is 12.2. The van der Waals surface area contributed by atoms with Gasteiger partial charge >= 0.3 is 0 Å². The maximum Gasteiger partial charge on any atom is 0.242 e. The molecule has 0 aliphatic carbocycles. The van der Waals surface area contributed by atoms with Crippen LogP contribution < -0.4 is 15.4 Å². The van der Waals surface area contributed by atoms with Gasteiger partial charge in [-0.2, -0.15) is 0 Å². The Kier molecular flexibility index (Phi) is 4.09. The Labute approximate surface area is 121 Å². The van der Waals surface area contributed by atoms with E-state index in [2.05, 4.69) is 18.6 Å². The molecule has 5 nitrogen and oxygen atoms in total. The molecule has 1 aliphatic heterocycles. The van der Waals surface area contributed by atoms with Crippen LogP contribution in [0.1, 0.15) is 20.8 Å². The summed E-state index contributed by atoms with van der Waals surface area (Å²) in [7, 11) is -3.45. The zero-order valence-corrected chi connectivity index (χ0v) is 13.1. The molecule has 0 aromatic heterocycles. The van der Waals surface area contributed by atoms with E-state index >= 15 is 0 Å². The van der Waals surface area contributed by atoms with Crippen molar-refractivity contribution in [2.24, 2.45) is 11.7 Å². The van der Waals surface area contributed by atoms with E-state index in [0.29, 0.717) is 30.4 Å². The molecule has 0 amide bonds. The van der Waals surface area contributed by atoms with E-state index in [9.17, 15) is 8.42 Å². The summed E-state index contributed by atoms with van der Waals surface area (Å²) < 4.78 is 27.0. The lowest BCUT2D eigenvalue weighted by Crippen LogP contribution is -2.70. The number of hydrogen-bond donors (Lipinski definition) is 2. The zero-order valence-electron chi connectivity index (χ0n) is 12.3. The summed E-state index contributed by atoms with van der Waals surface area (Å²) in [6.45, 7) is 7.71. The van der Waals surface area contributed by atoms with Crippen LogP contribution in [0.2, 0.25) is 0 Å². The molecular formula is C14H23N3O2S. The van der Waals surface area contributed by atoms with Crippen LogP contribution >= 0.6 is 0 Å². The van der Waals surface area contributed by atoms with Gasteiger partial charge in [0.25, 0.3) is 0 Å². The SMILES string of the molecule is CCNS(=O)(=O)c1ccccc1N1CC(N)(C(C)C)C1. The van der Waals surface area contributed by atoms with Gasteiger partial charge in [-0.05, 0) is 18.1 Å². The molecule has 0 radical (unpaired) electrons. The molecule has 1 aliphatic rings. The minimum Gasteiger partial charge on any atom is -0.367 e. The maximum absolute atomic E-state index is 12.2. The molecule has 6 heteroatoms. The van der Waals surface area contributed by atoms with Crippen LogP contribution in [0, 0.1) is 5.92 Å². The van der Waals surface area contributed by atoms with Gasteiger partial charge in [0, 0.05) is 19.6 Å². The summed E-state index contributed by atoms with van der Waals surface area (Å²) in [6.07, 6.45) is 0. The molecule has 1 aromatic carbocycles. The lowest BCUT2D eigenvalue weighted by molar-refractivity contribution is 0.244. The average Bonchev–Trinajstić information content (AvgIpc) is 2.34. The highest BCUT2D eigenvalue weighted by Gasteiger charge is 2.43. The normalized spacial score (nSPS) is 18.1. The number of anilines is 1. The van der Waals surface area contributed by atoms with Gasteiger partial charge in [0.05, 0.1) is 11.2 Å². The predicted molar refractivity (Wildman–Crippen MR) is 81.3 cm³/mol. The fraction of sp³-hybridized carbons (Fsp3) is 0.571. The van der Waals surface area contributed by atoms with Crippen molar-refractivity contribution in [3.8, 4) is 0 Å². The van der Waals surface area contributed by atoms with E-state index in [1.807, 2.05) is 17.0 Å². The first kappa shape index (κ1) is 15.3. The van der Waals surface area contributed by atoms with Crippen LogP contribution in [0.5, 0.6) is 0 Å². The van der Waals surface area contributed by atoms with Crippen molar-refractivity contribution in [1.29, 1.82) is 0 Å². The first-order chi connectivity index (χ1) is 9.30. The quantitative estimate of drug-likeness (QED) is 0.855. The number of rotatable bonds is 5. The van der Waals surface area contributed by atoms with Crippen molar-refractivity contribution in [1.82, 2.24) is 4.72 Å². The molecule has 1 heterocycles. The molecule has 0 saturated carbocycles. The summed E-state index contributed by atoms with van der Waals surface area (Å²) in [5.74, 6) is 0.372. The summed E-state index contributed by atoms with van der Waals surface area (Å²) >= 11 is 0. The molecule has 1 fully saturated rings. The second kappa shape index (κ2) is 5.35. The Hall–Kier alpha value is -1.11. The molecule has 112 valence electrons. The molecule has 0 spiro atoms. The topological polar surface area (TPSA) is 75.4 Å². The molecule has 20 heavy (non-hydrogen) atoms. The van der Waals surface area contributed by atoms with Crippen LogP contribution in [0.25, 0.3) is 0 Å². The number of hydrogen-bond acceptors (Lipinski definition) is 4. The monoisotopic (exact) mass is 297 g/mol. The zero-order chi connectivity index (χ0) is 15.0. The lowest BCUT2D eigenvalue weighted by Gasteiger charge is -2.52. The third kappa shape index (κ3) is 2.68. The van der Waals surface area contributed by atoms with E-state index < -0.39 is 10.0 Å². The number of sulfonamides is 1. The van der Waals surface area contributed by atoms with E-state index in [0.717, 1.165) is 5.69 Å². The van der Waals surface area contributed by atoms with Gasteiger partial charge in [-0.3, -0.25) is 0 Å². The Morgan fingerprint density at radius 3 is 2.50 bits per heavy atom. The molecular weight excluding hydrogens is 274 g/mol. The Morgan fingerprint density at radius 2 is 1.95 bits per heavy atom. The highest BCUT2D eigenvalue weighted by molar-refractivity contribution is 7.89. The van der Waals surface area contributed by atoms with Crippen molar-refractivity contribution < 1.29 is 8.42 Å². The molecule has 1 aromatic rings. The van der Waals surface area contributed by atoms with E-state index in [-0.39, 0.29) is 5.54 Å². The van der Waals surface area contributed by atoms with Gasteiger partial charge in [-0.1, -0.05) is 32.9 Å². The second-order valence-electron chi connectivity index (χ2n) is 5.71. The van der Waals surface area contributed by atoms with Gasteiger partial charge in [-0.25, -0.2) is 13.1 Å². The highest BCUT2D eigenvalue weighted by Crippen LogP contribution is 2.34. The van der Waals surface area contributed by atoms with Gasteiger partial charge in [0.2, 0.25) is 10.0 Å². The third-order valence-electron chi connectivity index (χ3n) is 3.95. The number of nitrogens with zero attached hydrogens (tertiary/aromatic N) is 1. The second-order valence-corrected chi connectivity index (χ2v) is 7.45. The van der Waals surface area contributed by atoms with Crippen molar-refractivity contribution in [3.05, 3.63) is 24.3 Å². The average molecular weight is 297 g/mol. The fourth-order valence-electron chi connectivity index (χ4n) is 2.41. The molecule has 0 bridgehead atoms. The summed E-state index contributed by atoms with van der Waals surface area (Å²) in [4.78, 5) is 2.36. The van der Waals surface area contributed by atoms with Crippen LogP contribution in [0.3, 0.4) is 0 Å². The van der Waals surface area contributed by atoms with E-state index in [1.165, 1.54) is 0 Å². The van der Waals surface area contributed by atoms with Crippen molar-refractivity contribution in [2.45, 2.75) is 31.2 Å². The third-order valence-corrected chi connectivity index (χ3v) is 5.54. The van der Waals surface area contributed by atoms with Gasteiger partial charge in [0.15, 0.2) is 0 Å². The largest absolute Gasteiger partial charge is 0.367 e. The highest BCUT2D eigenvalue weighted by atomic mass is 32.2. The molecule has 3 N–H and O–H groups in total. The first-order valence-corrected chi connectivity index (χ1v) is 8.41. The van der Waals surface area contributed by atoms with Crippen molar-refractivity contribution >= 4 is 15.7 Å². The van der Waals surface area contributed by atoms with Gasteiger partial charge < -0.3 is 10.6 Å². The standard InChI is InChI=1S/C14H23N3O2S/c1-4-16-20(18,19)13-8-6-5-7-12(13)17-9-14(15,10-17)11(2)3/h5-8,11,16H,4,9-10,15H2,1-3H3. The summed E-state index contributed by atoms with van der Waals surface area (Å²) in [5.41, 5.74) is 6.79. The van der Waals surface area contributed by atoms with E-state index in [1.54, 1.807) is 19.1 Å². The molecule has 0 atom stereocenters. The van der Waals surface area contributed by atoms with Crippen LogP contribution in [0.4, 0.5) is 5.69 Å². The number of nitrogens with one attached hydrogen (secondary N) is 1. The van der Waals surface area contributed by atoms with Crippen LogP contribution in [0.15, 0.2) is 29.2 Å². The Balaban J connectivity index is 2.28. The van der Waals surface area contributed by atoms with Gasteiger partial charge in [0.1, 0.15) is 4.90 Å². The van der Waals surface area contributed by atoms with Crippen molar-refractivity contribution in [3.63, 3.8) is 0 Å². The summed E-state index contributed by atoms with van der Waals surface area (Å²) in [6, 6.07) is 7.07. The predicted octanol–water partition coefficient (Wildman–Crippen LogP) is 1.16. The lowest BCUT2D eigenvalue weighted by atomic mass is 9.80. The molecule has 1 saturated heterocycles. The van der Waals surface area contributed by atoms with Crippen LogP contribution in [-0.2, 0) is 10.0 Å². The number of para-hydroxylation sites is 1.